The Morgan fingerprint density at radius 1 is 0.935 bits per heavy atom. The molecule has 3 unspecified atom stereocenters. The van der Waals surface area contributed by atoms with Crippen molar-refractivity contribution in [2.75, 3.05) is 31.1 Å². The number of anilines is 1. The van der Waals surface area contributed by atoms with Gasteiger partial charge in [0.2, 0.25) is 23.0 Å². The number of β-lactam (4-membered cyclic amide) rings is 1. The number of nitrogens with two attached hydrogens (primary N) is 1. The Labute approximate surface area is 365 Å². The number of ether oxygens (including phenoxy) is 1. The van der Waals surface area contributed by atoms with Crippen LogP contribution in [0.3, 0.4) is 0 Å². The number of hydrogen-bond acceptors (Lipinski definition) is 13. The summed E-state index contributed by atoms with van der Waals surface area (Å²) in [7, 11) is 0. The summed E-state index contributed by atoms with van der Waals surface area (Å²) in [5.74, 6) is -3.06. The number of nitrogens with one attached hydrogen (secondary N) is 1. The summed E-state index contributed by atoms with van der Waals surface area (Å²) < 4.78 is 9.76. The number of carboxylic acid groups (broad SMARTS) is 1. The largest absolute Gasteiger partial charge is 0.477 e. The SMILES string of the molecule is CC(C)(C)OC(=O)N1CCC(N2CC/C(=C\C3=C(C(=O)O)N4C(=O)C(NC(=O)/C(=N\OC(c5ccccc5)(c5ccccc5)c5ccccc5)c5nsc(N)n5)C4SC3)C2=O)C1. The number of carbonyl (C=O) groups is 5. The number of hydrogen-bond donors (Lipinski definition) is 3. The number of oxime groups is 1. The second-order valence-electron chi connectivity index (χ2n) is 16.1. The van der Waals surface area contributed by atoms with Gasteiger partial charge in [0.15, 0.2) is 5.13 Å². The van der Waals surface area contributed by atoms with Crippen molar-refractivity contribution in [3.63, 3.8) is 0 Å². The van der Waals surface area contributed by atoms with E-state index in [2.05, 4.69) is 19.8 Å². The predicted octanol–water partition coefficient (Wildman–Crippen LogP) is 4.74. The minimum Gasteiger partial charge on any atom is -0.477 e. The Hall–Kier alpha value is -6.53. The zero-order chi connectivity index (χ0) is 43.8. The third kappa shape index (κ3) is 8.14. The van der Waals surface area contributed by atoms with E-state index in [9.17, 15) is 29.1 Å². The molecule has 4 aromatic rings. The maximum absolute atomic E-state index is 14.3. The first-order valence-electron chi connectivity index (χ1n) is 20.0. The third-order valence-electron chi connectivity index (χ3n) is 10.9. The molecule has 0 saturated carbocycles. The molecule has 1 aromatic heterocycles. The standard InChI is InChI=1S/C44H44N8O8S2/c1-43(2,3)59-42(58)50-21-20-31(24-50)51-22-19-26(37(51)54)23-27-25-61-39-33(38(55)52(39)34(27)40(56)57)46-36(53)32(35-47-41(45)62-49-35)48-60-44(28-13-7-4-8-14-28,29-15-9-5-10-16-29)30-17-11-6-12-18-30/h4-18,23,31,33,39H,19-22,24-25H2,1-3H3,(H,46,53)(H,56,57)(H2,45,47,49)/b26-23+,48-32-. The Bertz CT molecular complexity index is 2390. The van der Waals surface area contributed by atoms with Gasteiger partial charge in [0.1, 0.15) is 22.7 Å². The molecule has 4 N–H and O–H groups in total. The van der Waals surface area contributed by atoms with Crippen LogP contribution in [0.2, 0.25) is 0 Å². The maximum Gasteiger partial charge on any atom is 0.410 e. The van der Waals surface area contributed by atoms with Gasteiger partial charge in [-0.05, 0) is 45.3 Å². The number of nitrogen functional groups attached to an aromatic ring is 1. The molecule has 0 radical (unpaired) electrons. The molecule has 62 heavy (non-hydrogen) atoms. The zero-order valence-corrected chi connectivity index (χ0v) is 35.7. The summed E-state index contributed by atoms with van der Waals surface area (Å²) in [5.41, 5.74) is 6.21. The van der Waals surface area contributed by atoms with Crippen molar-refractivity contribution in [1.82, 2.24) is 29.4 Å². The zero-order valence-electron chi connectivity index (χ0n) is 34.1. The predicted molar refractivity (Wildman–Crippen MR) is 231 cm³/mol. The van der Waals surface area contributed by atoms with Gasteiger partial charge in [0.25, 0.3) is 11.8 Å². The molecule has 5 heterocycles. The lowest BCUT2D eigenvalue weighted by atomic mass is 9.80. The molecule has 4 aliphatic rings. The lowest BCUT2D eigenvalue weighted by Crippen LogP contribution is -2.71. The number of amides is 4. The minimum absolute atomic E-state index is 0.0717. The van der Waals surface area contributed by atoms with E-state index in [-0.39, 0.29) is 40.1 Å². The van der Waals surface area contributed by atoms with Crippen molar-refractivity contribution in [3.05, 3.63) is 136 Å². The molecule has 18 heteroatoms. The fourth-order valence-electron chi connectivity index (χ4n) is 8.08. The van der Waals surface area contributed by atoms with Crippen LogP contribution >= 0.6 is 23.3 Å². The number of allylic oxidation sites excluding steroid dienone is 1. The number of carboxylic acids is 1. The molecular formula is C44H44N8O8S2. The highest BCUT2D eigenvalue weighted by Gasteiger charge is 2.55. The highest BCUT2D eigenvalue weighted by atomic mass is 32.2. The van der Waals surface area contributed by atoms with Crippen LogP contribution in [-0.2, 0) is 34.4 Å². The number of aromatic nitrogens is 2. The van der Waals surface area contributed by atoms with Gasteiger partial charge in [-0.15, -0.1) is 11.8 Å². The van der Waals surface area contributed by atoms with Crippen molar-refractivity contribution >= 4 is 63.9 Å². The van der Waals surface area contributed by atoms with E-state index in [1.165, 1.54) is 11.8 Å². The van der Waals surface area contributed by atoms with Crippen LogP contribution in [0.1, 0.15) is 56.1 Å². The first-order chi connectivity index (χ1) is 29.7. The number of aliphatic carboxylic acids is 1. The number of benzene rings is 3. The van der Waals surface area contributed by atoms with Gasteiger partial charge < -0.3 is 35.5 Å². The average molecular weight is 877 g/mol. The fourth-order valence-corrected chi connectivity index (χ4v) is 9.82. The molecule has 0 bridgehead atoms. The second-order valence-corrected chi connectivity index (χ2v) is 18.0. The summed E-state index contributed by atoms with van der Waals surface area (Å²) in [5, 5.41) is 16.9. The van der Waals surface area contributed by atoms with Crippen molar-refractivity contribution in [2.24, 2.45) is 5.16 Å². The molecule has 3 saturated heterocycles. The average Bonchev–Trinajstić information content (AvgIpc) is 4.02. The van der Waals surface area contributed by atoms with Crippen molar-refractivity contribution in [3.8, 4) is 0 Å². The molecule has 4 amide bonds. The number of rotatable bonds is 11. The van der Waals surface area contributed by atoms with E-state index in [1.807, 2.05) is 91.0 Å². The summed E-state index contributed by atoms with van der Waals surface area (Å²) in [6.45, 7) is 6.59. The van der Waals surface area contributed by atoms with Crippen molar-refractivity contribution < 1.29 is 38.7 Å². The molecular weight excluding hydrogens is 833 g/mol. The van der Waals surface area contributed by atoms with Gasteiger partial charge >= 0.3 is 12.1 Å². The summed E-state index contributed by atoms with van der Waals surface area (Å²) in [6, 6.07) is 26.9. The van der Waals surface area contributed by atoms with E-state index in [4.69, 9.17) is 15.3 Å². The number of fused-ring (bicyclic) bond motifs is 1. The fraction of sp³-hybridized carbons (Fsp3) is 0.318. The molecule has 320 valence electrons. The third-order valence-corrected chi connectivity index (χ3v) is 12.8. The lowest BCUT2D eigenvalue weighted by molar-refractivity contribution is -0.150. The molecule has 8 rings (SSSR count). The first-order valence-corrected chi connectivity index (χ1v) is 21.8. The molecule has 0 spiro atoms. The summed E-state index contributed by atoms with van der Waals surface area (Å²) in [4.78, 5) is 82.5. The Kier molecular flexibility index (Phi) is 11.6. The van der Waals surface area contributed by atoms with Crippen LogP contribution in [0.15, 0.2) is 119 Å². The monoisotopic (exact) mass is 876 g/mol. The molecule has 4 aliphatic heterocycles. The molecule has 3 aromatic carbocycles. The normalized spacial score (nSPS) is 21.2. The van der Waals surface area contributed by atoms with E-state index in [0.717, 1.165) is 16.4 Å². The number of carbonyl (C=O) groups excluding carboxylic acids is 4. The topological polar surface area (TPSA) is 210 Å². The van der Waals surface area contributed by atoms with E-state index in [1.54, 1.807) is 36.6 Å². The Balaban J connectivity index is 1.03. The Morgan fingerprint density at radius 2 is 1.55 bits per heavy atom. The van der Waals surface area contributed by atoms with Crippen LogP contribution in [0.4, 0.5) is 9.93 Å². The van der Waals surface area contributed by atoms with Gasteiger partial charge in [0.05, 0.1) is 6.04 Å². The highest BCUT2D eigenvalue weighted by Crippen LogP contribution is 2.43. The second kappa shape index (κ2) is 17.1. The van der Waals surface area contributed by atoms with Gasteiger partial charge in [0, 0.05) is 59.2 Å². The van der Waals surface area contributed by atoms with Gasteiger partial charge in [-0.3, -0.25) is 19.3 Å². The van der Waals surface area contributed by atoms with Gasteiger partial charge in [-0.25, -0.2) is 9.59 Å². The first kappa shape index (κ1) is 42.2. The lowest BCUT2D eigenvalue weighted by Gasteiger charge is -2.49. The van der Waals surface area contributed by atoms with Gasteiger partial charge in [-0.2, -0.15) is 9.36 Å². The highest BCUT2D eigenvalue weighted by molar-refractivity contribution is 8.00. The van der Waals surface area contributed by atoms with E-state index >= 15 is 0 Å². The summed E-state index contributed by atoms with van der Waals surface area (Å²) in [6.07, 6.45) is 2.09. The number of likely N-dealkylation sites (tertiary alicyclic amines) is 2. The van der Waals surface area contributed by atoms with Crippen LogP contribution < -0.4 is 11.1 Å². The number of nitrogens with zero attached hydrogens (tertiary/aromatic N) is 6. The van der Waals surface area contributed by atoms with Crippen LogP contribution in [-0.4, -0.2) is 113 Å². The van der Waals surface area contributed by atoms with Crippen LogP contribution in [0.5, 0.6) is 0 Å². The number of thioether (sulfide) groups is 1. The van der Waals surface area contributed by atoms with E-state index in [0.29, 0.717) is 60.3 Å². The minimum atomic E-state index is -1.36. The molecule has 0 aliphatic carbocycles. The molecule has 3 fully saturated rings. The van der Waals surface area contributed by atoms with Crippen LogP contribution in [0.25, 0.3) is 0 Å². The van der Waals surface area contributed by atoms with Crippen molar-refractivity contribution in [1.29, 1.82) is 0 Å². The van der Waals surface area contributed by atoms with Crippen molar-refractivity contribution in [2.45, 2.75) is 62.3 Å². The van der Waals surface area contributed by atoms with Gasteiger partial charge in [-0.1, -0.05) is 96.2 Å². The van der Waals surface area contributed by atoms with E-state index < -0.39 is 46.5 Å². The maximum atomic E-state index is 14.3. The Morgan fingerprint density at radius 3 is 2.10 bits per heavy atom. The summed E-state index contributed by atoms with van der Waals surface area (Å²) >= 11 is 2.11. The van der Waals surface area contributed by atoms with Crippen LogP contribution in [0, 0.1) is 0 Å². The molecule has 3 atom stereocenters. The molecule has 16 nitrogen and oxygen atoms in total. The quantitative estimate of drug-likeness (QED) is 0.0614. The smallest absolute Gasteiger partial charge is 0.410 e.